The van der Waals surface area contributed by atoms with Crippen LogP contribution in [0.5, 0.6) is 0 Å². The molecule has 1 aliphatic rings. The third kappa shape index (κ3) is 11.3. The molecular weight excluding hydrogens is 544 g/mol. The van der Waals surface area contributed by atoms with Crippen LogP contribution >= 0.6 is 0 Å². The number of allylic oxidation sites excluding steroid dienone is 1. The first kappa shape index (κ1) is 32.4. The second-order valence-corrected chi connectivity index (χ2v) is 12.6. The van der Waals surface area contributed by atoms with Crippen molar-refractivity contribution in [3.63, 3.8) is 0 Å². The number of ether oxygens (including phenoxy) is 1. The summed E-state index contributed by atoms with van der Waals surface area (Å²) < 4.78 is 31.7. The van der Waals surface area contributed by atoms with Gasteiger partial charge in [-0.05, 0) is 61.3 Å². The third-order valence-corrected chi connectivity index (χ3v) is 7.88. The van der Waals surface area contributed by atoms with Crippen molar-refractivity contribution in [2.45, 2.75) is 58.7 Å². The number of hydroxylamine groups is 1. The van der Waals surface area contributed by atoms with Gasteiger partial charge in [-0.15, -0.1) is 4.41 Å². The van der Waals surface area contributed by atoms with Crippen molar-refractivity contribution in [3.05, 3.63) is 72.1 Å². The van der Waals surface area contributed by atoms with E-state index in [0.29, 0.717) is 25.9 Å². The van der Waals surface area contributed by atoms with Gasteiger partial charge in [0.05, 0.1) is 18.1 Å². The van der Waals surface area contributed by atoms with Gasteiger partial charge < -0.3 is 4.74 Å². The Morgan fingerprint density at radius 2 is 1.83 bits per heavy atom. The number of carbonyl (C=O) groups is 2. The Bertz CT molecular complexity index is 1220. The lowest BCUT2D eigenvalue weighted by Crippen LogP contribution is -2.51. The highest BCUT2D eigenvalue weighted by Crippen LogP contribution is 2.26. The SMILES string of the molecule is CC(C)C[C@@H](C(=O)NN(CCc1ccncc1)S(C)(=O)=O)[C@H](CC=Cc1ccccc1)C(=O)NOC1CCCCO1. The highest BCUT2D eigenvalue weighted by atomic mass is 32.2. The van der Waals surface area contributed by atoms with E-state index in [1.807, 2.05) is 56.3 Å². The van der Waals surface area contributed by atoms with Crippen LogP contribution in [0, 0.1) is 17.8 Å². The molecule has 0 radical (unpaired) electrons. The fraction of sp³-hybridized carbons (Fsp3) is 0.500. The van der Waals surface area contributed by atoms with Crippen LogP contribution in [0.25, 0.3) is 6.08 Å². The highest BCUT2D eigenvalue weighted by molar-refractivity contribution is 7.88. The molecule has 2 aromatic rings. The van der Waals surface area contributed by atoms with E-state index in [-0.39, 0.29) is 18.9 Å². The maximum atomic E-state index is 13.7. The first-order valence-electron chi connectivity index (χ1n) is 14.1. The zero-order valence-electron chi connectivity index (χ0n) is 24.1. The summed E-state index contributed by atoms with van der Waals surface area (Å²) in [4.78, 5) is 36.8. The molecule has 3 rings (SSSR count). The van der Waals surface area contributed by atoms with Gasteiger partial charge in [-0.25, -0.2) is 18.7 Å². The second kappa shape index (κ2) is 16.4. The minimum absolute atomic E-state index is 0.0376. The number of nitrogens with one attached hydrogen (secondary N) is 2. The van der Waals surface area contributed by atoms with Crippen LogP contribution in [0.4, 0.5) is 0 Å². The molecule has 1 unspecified atom stereocenters. The molecule has 1 fully saturated rings. The van der Waals surface area contributed by atoms with Crippen molar-refractivity contribution in [1.29, 1.82) is 0 Å². The number of hydrogen-bond donors (Lipinski definition) is 2. The van der Waals surface area contributed by atoms with Gasteiger partial charge in [0.15, 0.2) is 6.29 Å². The van der Waals surface area contributed by atoms with E-state index >= 15 is 0 Å². The molecule has 1 saturated heterocycles. The summed E-state index contributed by atoms with van der Waals surface area (Å²) in [7, 11) is -3.79. The zero-order chi connectivity index (χ0) is 29.7. The number of nitrogens with zero attached hydrogens (tertiary/aromatic N) is 2. The number of amides is 2. The molecule has 10 nitrogen and oxygen atoms in total. The topological polar surface area (TPSA) is 127 Å². The number of benzene rings is 1. The normalized spacial score (nSPS) is 17.4. The van der Waals surface area contributed by atoms with Crippen molar-refractivity contribution >= 4 is 27.9 Å². The Morgan fingerprint density at radius 1 is 1.10 bits per heavy atom. The van der Waals surface area contributed by atoms with E-state index in [1.165, 1.54) is 0 Å². The van der Waals surface area contributed by atoms with Crippen LogP contribution in [0.2, 0.25) is 0 Å². The van der Waals surface area contributed by atoms with Crippen LogP contribution in [0.1, 0.15) is 57.1 Å². The Labute approximate surface area is 243 Å². The molecule has 3 atom stereocenters. The average molecular weight is 587 g/mol. The van der Waals surface area contributed by atoms with Gasteiger partial charge in [0, 0.05) is 32.0 Å². The average Bonchev–Trinajstić information content (AvgIpc) is 2.96. The standard InChI is InChI=1S/C30H42N4O6S/c1-23(2)22-27(29(35)32-34(41(3,37)38)20-17-25-15-18-31-19-16-25)26(13-9-12-24-10-5-4-6-11-24)30(36)33-40-28-14-7-8-21-39-28/h4-6,9-12,15-16,18-19,23,26-28H,7-8,13-14,17,20-22H2,1-3H3,(H,32,35)(H,33,36)/t26-,27+,28?/m0/s1. The predicted octanol–water partition coefficient (Wildman–Crippen LogP) is 3.87. The van der Waals surface area contributed by atoms with Crippen LogP contribution in [-0.4, -0.2) is 55.3 Å². The number of hydrogen-bond acceptors (Lipinski definition) is 7. The largest absolute Gasteiger partial charge is 0.350 e. The smallest absolute Gasteiger partial charge is 0.247 e. The van der Waals surface area contributed by atoms with Gasteiger partial charge in [-0.2, -0.15) is 0 Å². The number of sulfonamides is 1. The molecule has 224 valence electrons. The summed E-state index contributed by atoms with van der Waals surface area (Å²) in [5.74, 6) is -2.58. The summed E-state index contributed by atoms with van der Waals surface area (Å²) in [6, 6.07) is 13.2. The van der Waals surface area contributed by atoms with Gasteiger partial charge in [0.1, 0.15) is 0 Å². The number of rotatable bonds is 15. The summed E-state index contributed by atoms with van der Waals surface area (Å²) in [6.07, 6.45) is 11.0. The molecule has 0 aliphatic carbocycles. The summed E-state index contributed by atoms with van der Waals surface area (Å²) in [6.45, 7) is 4.51. The van der Waals surface area contributed by atoms with Gasteiger partial charge in [0.2, 0.25) is 21.8 Å². The van der Waals surface area contributed by atoms with Crippen molar-refractivity contribution in [2.24, 2.45) is 17.8 Å². The molecule has 1 aliphatic heterocycles. The zero-order valence-corrected chi connectivity index (χ0v) is 24.9. The molecule has 11 heteroatoms. The van der Waals surface area contributed by atoms with Crippen LogP contribution in [0.3, 0.4) is 0 Å². The maximum Gasteiger partial charge on any atom is 0.247 e. The van der Waals surface area contributed by atoms with Gasteiger partial charge in [-0.1, -0.05) is 56.3 Å². The van der Waals surface area contributed by atoms with Crippen LogP contribution in [0.15, 0.2) is 60.9 Å². The fourth-order valence-electron chi connectivity index (χ4n) is 4.62. The third-order valence-electron chi connectivity index (χ3n) is 6.80. The second-order valence-electron chi connectivity index (χ2n) is 10.7. The first-order chi connectivity index (χ1) is 19.6. The van der Waals surface area contributed by atoms with Crippen LogP contribution in [-0.2, 0) is 35.6 Å². The number of pyridine rings is 1. The fourth-order valence-corrected chi connectivity index (χ4v) is 5.30. The minimum Gasteiger partial charge on any atom is -0.350 e. The quantitative estimate of drug-likeness (QED) is 0.303. The molecule has 2 amide bonds. The van der Waals surface area contributed by atoms with Crippen molar-refractivity contribution in [3.8, 4) is 0 Å². The number of hydrazine groups is 1. The molecule has 1 aromatic heterocycles. The minimum atomic E-state index is -3.79. The van der Waals surface area contributed by atoms with E-state index in [1.54, 1.807) is 24.5 Å². The van der Waals surface area contributed by atoms with E-state index in [0.717, 1.165) is 34.6 Å². The van der Waals surface area contributed by atoms with Crippen LogP contribution < -0.4 is 10.9 Å². The Balaban J connectivity index is 1.80. The van der Waals surface area contributed by atoms with E-state index < -0.39 is 40.0 Å². The molecule has 2 N–H and O–H groups in total. The summed E-state index contributed by atoms with van der Waals surface area (Å²) in [5.41, 5.74) is 6.97. The Hall–Kier alpha value is -3.12. The van der Waals surface area contributed by atoms with Gasteiger partial charge >= 0.3 is 0 Å². The monoisotopic (exact) mass is 586 g/mol. The lowest BCUT2D eigenvalue weighted by Gasteiger charge is -2.30. The molecule has 1 aromatic carbocycles. The summed E-state index contributed by atoms with van der Waals surface area (Å²) in [5, 5.41) is 0. The molecule has 0 saturated carbocycles. The van der Waals surface area contributed by atoms with E-state index in [9.17, 15) is 18.0 Å². The molecular formula is C30H42N4O6S. The maximum absolute atomic E-state index is 13.7. The van der Waals surface area contributed by atoms with E-state index in [2.05, 4.69) is 15.9 Å². The van der Waals surface area contributed by atoms with E-state index in [4.69, 9.17) is 9.57 Å². The number of carbonyl (C=O) groups excluding carboxylic acids is 2. The van der Waals surface area contributed by atoms with Crippen molar-refractivity contribution in [2.75, 3.05) is 19.4 Å². The molecule has 41 heavy (non-hydrogen) atoms. The molecule has 0 bridgehead atoms. The van der Waals surface area contributed by atoms with Gasteiger partial charge in [0.25, 0.3) is 0 Å². The van der Waals surface area contributed by atoms with Crippen molar-refractivity contribution in [1.82, 2.24) is 20.3 Å². The Kier molecular flexibility index (Phi) is 12.9. The Morgan fingerprint density at radius 3 is 2.46 bits per heavy atom. The lowest BCUT2D eigenvalue weighted by molar-refractivity contribution is -0.203. The predicted molar refractivity (Wildman–Crippen MR) is 157 cm³/mol. The molecule has 0 spiro atoms. The summed E-state index contributed by atoms with van der Waals surface area (Å²) >= 11 is 0. The first-order valence-corrected chi connectivity index (χ1v) is 15.9. The lowest BCUT2D eigenvalue weighted by atomic mass is 9.82. The highest BCUT2D eigenvalue weighted by Gasteiger charge is 2.36. The van der Waals surface area contributed by atoms with Gasteiger partial charge in [-0.3, -0.25) is 20.0 Å². The van der Waals surface area contributed by atoms with Crippen molar-refractivity contribution < 1.29 is 27.6 Å². The molecule has 2 heterocycles. The number of aromatic nitrogens is 1.